The van der Waals surface area contributed by atoms with E-state index in [9.17, 15) is 13.2 Å². The molecule has 0 unspecified atom stereocenters. The molecule has 4 aromatic rings. The summed E-state index contributed by atoms with van der Waals surface area (Å²) in [4.78, 5) is 15.1. The van der Waals surface area contributed by atoms with Crippen LogP contribution in [0.3, 0.4) is 0 Å². The molecule has 7 nitrogen and oxygen atoms in total. The van der Waals surface area contributed by atoms with Crippen LogP contribution < -0.4 is 15.8 Å². The Balaban J connectivity index is 1.53. The number of H-pyrrole nitrogens is 1. The van der Waals surface area contributed by atoms with Crippen molar-refractivity contribution < 1.29 is 17.9 Å². The molecule has 0 aliphatic heterocycles. The number of nitrogens with one attached hydrogen (secondary N) is 2. The minimum absolute atomic E-state index is 0.119. The van der Waals surface area contributed by atoms with Crippen molar-refractivity contribution in [2.45, 2.75) is 13.1 Å². The molecule has 0 aliphatic carbocycles. The summed E-state index contributed by atoms with van der Waals surface area (Å²) < 4.78 is 44.9. The molecule has 0 atom stereocenters. The molecule has 30 heavy (non-hydrogen) atoms. The molecule has 154 valence electrons. The summed E-state index contributed by atoms with van der Waals surface area (Å²) >= 11 is 3.14. The van der Waals surface area contributed by atoms with E-state index in [-0.39, 0.29) is 15.9 Å². The lowest BCUT2D eigenvalue weighted by molar-refractivity contribution is -0.137. The maximum Gasteiger partial charge on any atom is 0.416 e. The molecule has 0 fully saturated rings. The molecule has 2 heterocycles. The van der Waals surface area contributed by atoms with Gasteiger partial charge in [-0.1, -0.05) is 0 Å². The van der Waals surface area contributed by atoms with Gasteiger partial charge in [0.1, 0.15) is 11.3 Å². The van der Waals surface area contributed by atoms with Gasteiger partial charge < -0.3 is 20.8 Å². The Morgan fingerprint density at radius 3 is 2.47 bits per heavy atom. The Morgan fingerprint density at radius 2 is 1.80 bits per heavy atom. The Bertz CT molecular complexity index is 1200. The zero-order chi connectivity index (χ0) is 21.5. The van der Waals surface area contributed by atoms with Crippen molar-refractivity contribution in [2.24, 2.45) is 0 Å². The molecule has 0 saturated carbocycles. The van der Waals surface area contributed by atoms with Crippen molar-refractivity contribution in [3.05, 3.63) is 58.2 Å². The van der Waals surface area contributed by atoms with Crippen molar-refractivity contribution >= 4 is 44.5 Å². The molecule has 2 aromatic carbocycles. The molecule has 2 aromatic heterocycles. The molecule has 0 radical (unpaired) electrons. The largest absolute Gasteiger partial charge is 0.439 e. The van der Waals surface area contributed by atoms with Gasteiger partial charge in [-0.05, 0) is 59.3 Å². The minimum atomic E-state index is -4.45. The first-order valence-electron chi connectivity index (χ1n) is 8.60. The first kappa shape index (κ1) is 20.0. The number of ether oxygens (including phenoxy) is 1. The number of fused-ring (bicyclic) bond motifs is 1. The number of nitrogen functional groups attached to an aromatic ring is 1. The Morgan fingerprint density at radius 1 is 1.07 bits per heavy atom. The highest BCUT2D eigenvalue weighted by Crippen LogP contribution is 2.35. The number of aromatic nitrogens is 4. The fourth-order valence-electron chi connectivity index (χ4n) is 2.78. The first-order valence-corrected chi connectivity index (χ1v) is 9.39. The zero-order valence-electron chi connectivity index (χ0n) is 15.4. The molecule has 4 rings (SSSR count). The average Bonchev–Trinajstić information content (AvgIpc) is 3.05. The molecule has 4 N–H and O–H groups in total. The van der Waals surface area contributed by atoms with Crippen molar-refractivity contribution in [3.8, 4) is 11.6 Å². The molecule has 0 amide bonds. The summed E-state index contributed by atoms with van der Waals surface area (Å²) in [6.07, 6.45) is -4.45. The first-order chi connectivity index (χ1) is 14.2. The predicted molar refractivity (Wildman–Crippen MR) is 110 cm³/mol. The van der Waals surface area contributed by atoms with Crippen LogP contribution >= 0.6 is 15.9 Å². The lowest BCUT2D eigenvalue weighted by atomic mass is 10.2. The summed E-state index contributed by atoms with van der Waals surface area (Å²) in [6.45, 7) is 1.78. The van der Waals surface area contributed by atoms with Crippen LogP contribution in [0, 0.1) is 6.92 Å². The monoisotopic (exact) mass is 478 g/mol. The van der Waals surface area contributed by atoms with Gasteiger partial charge in [-0.2, -0.15) is 18.2 Å². The van der Waals surface area contributed by atoms with Gasteiger partial charge in [-0.3, -0.25) is 0 Å². The number of hydrogen-bond donors (Lipinski definition) is 3. The van der Waals surface area contributed by atoms with Crippen molar-refractivity contribution in [1.29, 1.82) is 0 Å². The Hall–Kier alpha value is -3.34. The number of aromatic amines is 1. The lowest BCUT2D eigenvalue weighted by Crippen LogP contribution is -2.04. The minimum Gasteiger partial charge on any atom is -0.439 e. The van der Waals surface area contributed by atoms with E-state index in [1.807, 2.05) is 0 Å². The number of hydrogen-bond acceptors (Lipinski definition) is 6. The van der Waals surface area contributed by atoms with Crippen LogP contribution in [0.25, 0.3) is 11.0 Å². The summed E-state index contributed by atoms with van der Waals surface area (Å²) in [5.74, 6) is 1.27. The van der Waals surface area contributed by atoms with Crippen LogP contribution in [0.2, 0.25) is 0 Å². The van der Waals surface area contributed by atoms with Gasteiger partial charge in [0, 0.05) is 21.9 Å². The van der Waals surface area contributed by atoms with Crippen LogP contribution in [0.1, 0.15) is 11.3 Å². The van der Waals surface area contributed by atoms with Gasteiger partial charge in [0.15, 0.2) is 0 Å². The number of alkyl halides is 3. The second-order valence-corrected chi connectivity index (χ2v) is 7.25. The number of nitrogens with zero attached hydrogens (tertiary/aromatic N) is 3. The molecular weight excluding hydrogens is 465 g/mol. The van der Waals surface area contributed by atoms with Crippen molar-refractivity contribution in [2.75, 3.05) is 11.1 Å². The van der Waals surface area contributed by atoms with Gasteiger partial charge in [-0.15, -0.1) is 0 Å². The van der Waals surface area contributed by atoms with Gasteiger partial charge in [0.05, 0.1) is 11.1 Å². The third-order valence-corrected chi connectivity index (χ3v) is 4.66. The van der Waals surface area contributed by atoms with Crippen molar-refractivity contribution in [1.82, 2.24) is 19.9 Å². The summed E-state index contributed by atoms with van der Waals surface area (Å²) in [6, 6.07) is 10.5. The quantitative estimate of drug-likeness (QED) is 0.354. The summed E-state index contributed by atoms with van der Waals surface area (Å²) in [5.41, 5.74) is 6.84. The molecule has 0 bridgehead atoms. The highest BCUT2D eigenvalue weighted by Gasteiger charge is 2.31. The van der Waals surface area contributed by atoms with Crippen LogP contribution in [0.15, 0.2) is 46.9 Å². The van der Waals surface area contributed by atoms with Crippen molar-refractivity contribution in [3.63, 3.8) is 0 Å². The lowest BCUT2D eigenvalue weighted by Gasteiger charge is -2.07. The topological polar surface area (TPSA) is 102 Å². The van der Waals surface area contributed by atoms with Gasteiger partial charge >= 0.3 is 6.18 Å². The summed E-state index contributed by atoms with van der Waals surface area (Å²) in [7, 11) is 0. The van der Waals surface area contributed by atoms with Gasteiger partial charge in [0.25, 0.3) is 0 Å². The second kappa shape index (κ2) is 7.48. The molecular formula is C19H14BrF3N6O. The van der Waals surface area contributed by atoms with E-state index in [4.69, 9.17) is 10.5 Å². The van der Waals surface area contributed by atoms with E-state index in [2.05, 4.69) is 41.2 Å². The predicted octanol–water partition coefficient (Wildman–Crippen LogP) is 5.56. The number of halogens is 4. The standard InChI is InChI=1S/C19H14BrF3N6O/c1-9-6-15(28-17(24)25-9)30-12-4-2-11(3-5-12)26-18-27-14-8-10(19(21,22)23)7-13(20)16(14)29-18/h2-8H,1H3,(H2,24,25,28)(H2,26,27,29). The number of aryl methyl sites for hydroxylation is 1. The third-order valence-electron chi connectivity index (χ3n) is 4.05. The molecule has 11 heteroatoms. The van der Waals surface area contributed by atoms with Crippen LogP contribution in [-0.2, 0) is 6.18 Å². The highest BCUT2D eigenvalue weighted by molar-refractivity contribution is 9.10. The fourth-order valence-corrected chi connectivity index (χ4v) is 3.32. The smallest absolute Gasteiger partial charge is 0.416 e. The normalized spacial score (nSPS) is 11.6. The highest BCUT2D eigenvalue weighted by atomic mass is 79.9. The number of benzene rings is 2. The summed E-state index contributed by atoms with van der Waals surface area (Å²) in [5, 5.41) is 3.02. The van der Waals surface area contributed by atoms with E-state index < -0.39 is 11.7 Å². The maximum absolute atomic E-state index is 13.0. The van der Waals surface area contributed by atoms with E-state index in [0.717, 1.165) is 12.1 Å². The van der Waals surface area contributed by atoms with Gasteiger partial charge in [-0.25, -0.2) is 9.97 Å². The maximum atomic E-state index is 13.0. The average molecular weight is 479 g/mol. The molecule has 0 aliphatic rings. The number of rotatable bonds is 4. The zero-order valence-corrected chi connectivity index (χ0v) is 17.0. The van der Waals surface area contributed by atoms with E-state index in [1.54, 1.807) is 37.3 Å². The molecule has 0 saturated heterocycles. The van der Waals surface area contributed by atoms with Crippen LogP contribution in [0.4, 0.5) is 30.8 Å². The third kappa shape index (κ3) is 4.30. The van der Waals surface area contributed by atoms with Crippen LogP contribution in [0.5, 0.6) is 11.6 Å². The van der Waals surface area contributed by atoms with E-state index >= 15 is 0 Å². The second-order valence-electron chi connectivity index (χ2n) is 6.39. The van der Waals surface area contributed by atoms with Gasteiger partial charge in [0.2, 0.25) is 17.8 Å². The number of imidazole rings is 1. The number of nitrogens with two attached hydrogens (primary N) is 1. The Kier molecular flexibility index (Phi) is 4.98. The van der Waals surface area contributed by atoms with Crippen LogP contribution in [-0.4, -0.2) is 19.9 Å². The van der Waals surface area contributed by atoms with E-state index in [0.29, 0.717) is 34.5 Å². The molecule has 0 spiro atoms. The Labute approximate surface area is 176 Å². The number of anilines is 3. The van der Waals surface area contributed by atoms with E-state index in [1.165, 1.54) is 0 Å². The SMILES string of the molecule is Cc1cc(Oc2ccc(Nc3nc4c(Br)cc(C(F)(F)F)cc4[nH]3)cc2)nc(N)n1. The fraction of sp³-hybridized carbons (Fsp3) is 0.105.